The molecule has 0 N–H and O–H groups in total. The van der Waals surface area contributed by atoms with E-state index < -0.39 is 5.97 Å². The highest BCUT2D eigenvalue weighted by Crippen LogP contribution is 2.04. The first-order chi connectivity index (χ1) is 8.17. The van der Waals surface area contributed by atoms with Crippen LogP contribution in [0.3, 0.4) is 0 Å². The quantitative estimate of drug-likeness (QED) is 0.571. The Bertz CT molecular complexity index is 462. The summed E-state index contributed by atoms with van der Waals surface area (Å²) in [7, 11) is 1.26. The van der Waals surface area contributed by atoms with Gasteiger partial charge in [0.25, 0.3) is 0 Å². The number of hydrogen-bond donors (Lipinski definition) is 0. The van der Waals surface area contributed by atoms with Crippen molar-refractivity contribution in [1.82, 2.24) is 0 Å². The second-order valence-electron chi connectivity index (χ2n) is 3.04. The molecule has 0 atom stereocenters. The highest BCUT2D eigenvalue weighted by Gasteiger charge is 2.04. The van der Waals surface area contributed by atoms with Gasteiger partial charge in [0.05, 0.1) is 19.3 Å². The predicted molar refractivity (Wildman–Crippen MR) is 61.3 cm³/mol. The fraction of sp³-hybridized carbons (Fsp3) is 0.231. The van der Waals surface area contributed by atoms with Gasteiger partial charge in [-0.3, -0.25) is 0 Å². The van der Waals surface area contributed by atoms with Crippen molar-refractivity contribution in [3.63, 3.8) is 0 Å². The molecule has 1 aromatic carbocycles. The molecule has 1 rings (SSSR count). The molecule has 0 bridgehead atoms. The number of carbonyl (C=O) groups is 2. The summed E-state index contributed by atoms with van der Waals surface area (Å²) in [6.07, 6.45) is 0. The van der Waals surface area contributed by atoms with Gasteiger partial charge in [0, 0.05) is 11.5 Å². The SMILES string of the molecule is CCOC(=O)c1ccc(C#CC(=O)OC)cc1. The standard InChI is InChI=1S/C13H12O4/c1-3-17-13(15)11-7-4-10(5-8-11)6-9-12(14)16-2/h4-5,7-8H,3H2,1-2H3. The Morgan fingerprint density at radius 3 is 2.41 bits per heavy atom. The topological polar surface area (TPSA) is 52.6 Å². The fourth-order valence-electron chi connectivity index (χ4n) is 1.08. The molecule has 0 amide bonds. The molecule has 0 aromatic heterocycles. The van der Waals surface area contributed by atoms with Crippen LogP contribution in [0.4, 0.5) is 0 Å². The van der Waals surface area contributed by atoms with Gasteiger partial charge in [-0.05, 0) is 31.2 Å². The van der Waals surface area contributed by atoms with Gasteiger partial charge in [0.15, 0.2) is 0 Å². The second kappa shape index (κ2) is 6.33. The summed E-state index contributed by atoms with van der Waals surface area (Å²) in [6.45, 7) is 2.08. The lowest BCUT2D eigenvalue weighted by Gasteiger charge is -2.00. The first kappa shape index (κ1) is 12.8. The van der Waals surface area contributed by atoms with E-state index in [1.807, 2.05) is 0 Å². The van der Waals surface area contributed by atoms with Crippen LogP contribution < -0.4 is 0 Å². The van der Waals surface area contributed by atoms with Gasteiger partial charge in [-0.2, -0.15) is 0 Å². The van der Waals surface area contributed by atoms with Crippen molar-refractivity contribution in [1.29, 1.82) is 0 Å². The average Bonchev–Trinajstić information content (AvgIpc) is 2.36. The molecule has 17 heavy (non-hydrogen) atoms. The molecule has 0 unspecified atom stereocenters. The number of ether oxygens (including phenoxy) is 2. The normalized spacial score (nSPS) is 8.82. The Hall–Kier alpha value is -2.28. The van der Waals surface area contributed by atoms with Gasteiger partial charge in [-0.15, -0.1) is 0 Å². The third-order valence-electron chi connectivity index (χ3n) is 1.89. The van der Waals surface area contributed by atoms with E-state index in [1.54, 1.807) is 31.2 Å². The van der Waals surface area contributed by atoms with Crippen molar-refractivity contribution in [3.05, 3.63) is 35.4 Å². The zero-order valence-electron chi connectivity index (χ0n) is 9.65. The van der Waals surface area contributed by atoms with Gasteiger partial charge >= 0.3 is 11.9 Å². The molecule has 0 saturated heterocycles. The summed E-state index contributed by atoms with van der Waals surface area (Å²) < 4.78 is 9.21. The molecule has 1 aromatic rings. The smallest absolute Gasteiger partial charge is 0.384 e. The lowest BCUT2D eigenvalue weighted by atomic mass is 10.1. The molecular weight excluding hydrogens is 220 g/mol. The number of esters is 2. The molecule has 4 nitrogen and oxygen atoms in total. The molecule has 0 saturated carbocycles. The molecule has 0 fully saturated rings. The lowest BCUT2D eigenvalue weighted by Crippen LogP contribution is -2.04. The summed E-state index contributed by atoms with van der Waals surface area (Å²) in [6, 6.07) is 6.48. The van der Waals surface area contributed by atoms with Crippen LogP contribution in [0.5, 0.6) is 0 Å². The molecule has 0 aliphatic carbocycles. The maximum atomic E-state index is 11.3. The van der Waals surface area contributed by atoms with Crippen LogP contribution in [0.2, 0.25) is 0 Å². The summed E-state index contributed by atoms with van der Waals surface area (Å²) in [5.74, 6) is 3.94. The van der Waals surface area contributed by atoms with Crippen molar-refractivity contribution >= 4 is 11.9 Å². The Balaban J connectivity index is 2.77. The first-order valence-corrected chi connectivity index (χ1v) is 5.04. The Morgan fingerprint density at radius 2 is 1.88 bits per heavy atom. The first-order valence-electron chi connectivity index (χ1n) is 5.04. The van der Waals surface area contributed by atoms with E-state index in [0.717, 1.165) is 0 Å². The molecule has 4 heteroatoms. The summed E-state index contributed by atoms with van der Waals surface area (Å²) in [4.78, 5) is 22.1. The van der Waals surface area contributed by atoms with Crippen LogP contribution in [-0.2, 0) is 14.3 Å². The number of benzene rings is 1. The average molecular weight is 232 g/mol. The molecular formula is C13H12O4. The van der Waals surface area contributed by atoms with Crippen LogP contribution in [0.15, 0.2) is 24.3 Å². The molecule has 0 aliphatic rings. The third kappa shape index (κ3) is 3.99. The second-order valence-corrected chi connectivity index (χ2v) is 3.04. The molecule has 0 spiro atoms. The number of hydrogen-bond acceptors (Lipinski definition) is 4. The summed E-state index contributed by atoms with van der Waals surface area (Å²) in [5.41, 5.74) is 1.08. The van der Waals surface area contributed by atoms with E-state index >= 15 is 0 Å². The summed E-state index contributed by atoms with van der Waals surface area (Å²) in [5, 5.41) is 0. The largest absolute Gasteiger partial charge is 0.462 e. The molecule has 88 valence electrons. The predicted octanol–water partition coefficient (Wildman–Crippen LogP) is 1.39. The number of carbonyl (C=O) groups excluding carboxylic acids is 2. The zero-order chi connectivity index (χ0) is 12.7. The van der Waals surface area contributed by atoms with E-state index in [4.69, 9.17) is 4.74 Å². The van der Waals surface area contributed by atoms with E-state index in [-0.39, 0.29) is 5.97 Å². The van der Waals surface area contributed by atoms with Crippen LogP contribution in [0.25, 0.3) is 0 Å². The van der Waals surface area contributed by atoms with E-state index in [1.165, 1.54) is 7.11 Å². The maximum absolute atomic E-state index is 11.3. The number of methoxy groups -OCH3 is 1. The van der Waals surface area contributed by atoms with Crippen LogP contribution >= 0.6 is 0 Å². The van der Waals surface area contributed by atoms with Crippen molar-refractivity contribution < 1.29 is 19.1 Å². The molecule has 0 heterocycles. The van der Waals surface area contributed by atoms with Gasteiger partial charge < -0.3 is 9.47 Å². The van der Waals surface area contributed by atoms with E-state index in [2.05, 4.69) is 16.6 Å². The van der Waals surface area contributed by atoms with Gasteiger partial charge in [0.2, 0.25) is 0 Å². The number of rotatable bonds is 2. The Labute approximate surface area is 99.5 Å². The maximum Gasteiger partial charge on any atom is 0.384 e. The van der Waals surface area contributed by atoms with Crippen molar-refractivity contribution in [3.8, 4) is 11.8 Å². The zero-order valence-corrected chi connectivity index (χ0v) is 9.65. The van der Waals surface area contributed by atoms with Crippen LogP contribution in [0.1, 0.15) is 22.8 Å². The minimum absolute atomic E-state index is 0.336. The van der Waals surface area contributed by atoms with E-state index in [9.17, 15) is 9.59 Å². The third-order valence-corrected chi connectivity index (χ3v) is 1.89. The van der Waals surface area contributed by atoms with Crippen LogP contribution in [0, 0.1) is 11.8 Å². The molecule has 0 radical (unpaired) electrons. The minimum Gasteiger partial charge on any atom is -0.462 e. The van der Waals surface area contributed by atoms with Gasteiger partial charge in [-0.25, -0.2) is 9.59 Å². The fourth-order valence-corrected chi connectivity index (χ4v) is 1.08. The van der Waals surface area contributed by atoms with Crippen molar-refractivity contribution in [2.45, 2.75) is 6.92 Å². The lowest BCUT2D eigenvalue weighted by molar-refractivity contribution is -0.133. The monoisotopic (exact) mass is 232 g/mol. The van der Waals surface area contributed by atoms with Gasteiger partial charge in [-0.1, -0.05) is 5.92 Å². The van der Waals surface area contributed by atoms with Crippen molar-refractivity contribution in [2.75, 3.05) is 13.7 Å². The van der Waals surface area contributed by atoms with E-state index in [0.29, 0.717) is 17.7 Å². The molecule has 0 aliphatic heterocycles. The van der Waals surface area contributed by atoms with Crippen LogP contribution in [-0.4, -0.2) is 25.7 Å². The highest BCUT2D eigenvalue weighted by atomic mass is 16.5. The Morgan fingerprint density at radius 1 is 1.24 bits per heavy atom. The van der Waals surface area contributed by atoms with Gasteiger partial charge in [0.1, 0.15) is 0 Å². The highest BCUT2D eigenvalue weighted by molar-refractivity contribution is 5.90. The Kier molecular flexibility index (Phi) is 4.77. The minimum atomic E-state index is -0.598. The van der Waals surface area contributed by atoms with Crippen molar-refractivity contribution in [2.24, 2.45) is 0 Å². The summed E-state index contributed by atoms with van der Waals surface area (Å²) >= 11 is 0.